The van der Waals surface area contributed by atoms with Gasteiger partial charge in [0.1, 0.15) is 12.4 Å². The molecule has 0 unspecified atom stereocenters. The summed E-state index contributed by atoms with van der Waals surface area (Å²) in [5.41, 5.74) is 2.02. The smallest absolute Gasteiger partial charge is 0.413 e. The van der Waals surface area contributed by atoms with Crippen LogP contribution in [-0.2, 0) is 16.0 Å². The van der Waals surface area contributed by atoms with Crippen molar-refractivity contribution in [2.24, 2.45) is 5.92 Å². The van der Waals surface area contributed by atoms with Crippen molar-refractivity contribution in [3.05, 3.63) is 29.0 Å². The van der Waals surface area contributed by atoms with Crippen LogP contribution in [0.4, 0.5) is 18.7 Å². The zero-order valence-electron chi connectivity index (χ0n) is 18.5. The highest BCUT2D eigenvalue weighted by atomic mass is 32.1. The predicted molar refractivity (Wildman–Crippen MR) is 118 cm³/mol. The minimum Gasteiger partial charge on any atom is -0.447 e. The molecule has 1 aromatic carbocycles. The van der Waals surface area contributed by atoms with E-state index in [-0.39, 0.29) is 36.5 Å². The fourth-order valence-electron chi connectivity index (χ4n) is 3.98. The van der Waals surface area contributed by atoms with Gasteiger partial charge in [-0.1, -0.05) is 11.3 Å². The first-order chi connectivity index (χ1) is 15.8. The van der Waals surface area contributed by atoms with Crippen LogP contribution in [0.25, 0.3) is 10.4 Å². The average molecular weight is 482 g/mol. The first-order valence-electron chi connectivity index (χ1n) is 10.6. The molecular weight excluding hydrogens is 456 g/mol. The van der Waals surface area contributed by atoms with Crippen LogP contribution in [0.5, 0.6) is 5.75 Å². The number of amides is 2. The summed E-state index contributed by atoms with van der Waals surface area (Å²) in [4.78, 5) is 31.7. The molecule has 1 aliphatic heterocycles. The highest BCUT2D eigenvalue weighted by molar-refractivity contribution is 7.19. The second kappa shape index (κ2) is 9.60. The van der Waals surface area contributed by atoms with E-state index in [1.54, 1.807) is 11.8 Å². The van der Waals surface area contributed by atoms with Gasteiger partial charge in [-0.25, -0.2) is 9.78 Å². The minimum atomic E-state index is -3.06. The molecule has 11 heteroatoms. The molecule has 2 aromatic rings. The second-order valence-corrected chi connectivity index (χ2v) is 9.08. The molecule has 2 amide bonds. The van der Waals surface area contributed by atoms with E-state index in [1.165, 1.54) is 24.5 Å². The number of alkyl halides is 2. The Kier molecular flexibility index (Phi) is 6.80. The van der Waals surface area contributed by atoms with Crippen molar-refractivity contribution in [3.8, 4) is 16.2 Å². The van der Waals surface area contributed by atoms with Gasteiger partial charge in [0.2, 0.25) is 0 Å². The van der Waals surface area contributed by atoms with Crippen LogP contribution in [0.3, 0.4) is 0 Å². The molecule has 178 valence electrons. The third-order valence-electron chi connectivity index (χ3n) is 5.80. The molecule has 1 saturated carbocycles. The number of nitrogens with zero attached hydrogens (tertiary/aromatic N) is 2. The van der Waals surface area contributed by atoms with Crippen LogP contribution in [0.15, 0.2) is 12.1 Å². The Hall–Kier alpha value is -2.79. The second-order valence-electron chi connectivity index (χ2n) is 8.09. The number of aromatic nitrogens is 1. The van der Waals surface area contributed by atoms with E-state index in [4.69, 9.17) is 14.2 Å². The maximum absolute atomic E-state index is 13.2. The van der Waals surface area contributed by atoms with Crippen molar-refractivity contribution >= 4 is 28.5 Å². The van der Waals surface area contributed by atoms with Crippen LogP contribution in [0, 0.1) is 12.8 Å². The van der Waals surface area contributed by atoms with Crippen LogP contribution in [0.2, 0.25) is 0 Å². The number of hydrogen-bond donors (Lipinski definition) is 1. The zero-order valence-corrected chi connectivity index (χ0v) is 19.3. The summed E-state index contributed by atoms with van der Waals surface area (Å²) in [6.07, 6.45) is 1.46. The van der Waals surface area contributed by atoms with Crippen LogP contribution >= 0.6 is 11.3 Å². The van der Waals surface area contributed by atoms with Crippen molar-refractivity contribution in [3.63, 3.8) is 0 Å². The lowest BCUT2D eigenvalue weighted by atomic mass is 10.0. The Morgan fingerprint density at radius 2 is 2.09 bits per heavy atom. The van der Waals surface area contributed by atoms with Gasteiger partial charge in [-0.15, -0.1) is 0 Å². The quantitative estimate of drug-likeness (QED) is 0.524. The van der Waals surface area contributed by atoms with Gasteiger partial charge in [0.05, 0.1) is 22.7 Å². The summed E-state index contributed by atoms with van der Waals surface area (Å²) in [6.45, 7) is 1.39. The summed E-state index contributed by atoms with van der Waals surface area (Å²) in [5, 5.41) is 2.86. The lowest BCUT2D eigenvalue weighted by Crippen LogP contribution is -2.34. The molecule has 8 nitrogen and oxygen atoms in total. The van der Waals surface area contributed by atoms with Gasteiger partial charge < -0.3 is 19.1 Å². The number of nitrogens with one attached hydrogen (secondary N) is 1. The van der Waals surface area contributed by atoms with Gasteiger partial charge in [0.15, 0.2) is 5.13 Å². The molecule has 2 aliphatic rings. The average Bonchev–Trinajstić information content (AvgIpc) is 3.46. The van der Waals surface area contributed by atoms with Gasteiger partial charge in [-0.05, 0) is 55.9 Å². The number of thiazole rings is 1. The first-order valence-corrected chi connectivity index (χ1v) is 11.4. The Morgan fingerprint density at radius 1 is 1.33 bits per heavy atom. The molecule has 0 bridgehead atoms. The Labute approximate surface area is 193 Å². The summed E-state index contributed by atoms with van der Waals surface area (Å²) >= 11 is 1.18. The Bertz CT molecular complexity index is 1060. The standard InChI is InChI=1S/C22H25F2N3O5S/c1-11-18(33-21(25-11)26-22(29)31-7-6-30-3)14-8-15-10-27(12(2)13-4-5-13)19(28)17(15)16(9-14)32-20(23)24/h8-9,12-13,20H,4-7,10H2,1-3H3,(H,25,26,29)/t12-/m0/s1. The third kappa shape index (κ3) is 5.09. The van der Waals surface area contributed by atoms with E-state index in [0.717, 1.165) is 12.8 Å². The van der Waals surface area contributed by atoms with E-state index in [2.05, 4.69) is 10.3 Å². The number of fused-ring (bicyclic) bond motifs is 1. The molecule has 0 saturated heterocycles. The zero-order chi connectivity index (χ0) is 23.7. The number of methoxy groups -OCH3 is 1. The molecule has 1 atom stereocenters. The molecule has 1 aromatic heterocycles. The number of aryl methyl sites for hydroxylation is 1. The summed E-state index contributed by atoms with van der Waals surface area (Å²) in [7, 11) is 1.50. The SMILES string of the molecule is COCCOC(=O)Nc1nc(C)c(-c2cc3c(c(OC(F)F)c2)C(=O)N([C@@H](C)C2CC2)C3)s1. The fraction of sp³-hybridized carbons (Fsp3) is 0.500. The van der Waals surface area contributed by atoms with E-state index in [1.807, 2.05) is 13.0 Å². The number of benzene rings is 1. The number of carbonyl (C=O) groups is 2. The van der Waals surface area contributed by atoms with Crippen molar-refractivity contribution in [2.75, 3.05) is 25.6 Å². The van der Waals surface area contributed by atoms with Crippen molar-refractivity contribution in [1.82, 2.24) is 9.88 Å². The van der Waals surface area contributed by atoms with Crippen molar-refractivity contribution in [1.29, 1.82) is 0 Å². The maximum Gasteiger partial charge on any atom is 0.413 e. The largest absolute Gasteiger partial charge is 0.447 e. The highest BCUT2D eigenvalue weighted by Crippen LogP contribution is 2.43. The fourth-order valence-corrected chi connectivity index (χ4v) is 4.92. The van der Waals surface area contributed by atoms with Crippen molar-refractivity contribution < 1.29 is 32.6 Å². The third-order valence-corrected chi connectivity index (χ3v) is 6.92. The maximum atomic E-state index is 13.2. The van der Waals surface area contributed by atoms with E-state index in [0.29, 0.717) is 39.3 Å². The van der Waals surface area contributed by atoms with Crippen molar-refractivity contribution in [2.45, 2.75) is 45.9 Å². The number of halogens is 2. The molecule has 1 N–H and O–H groups in total. The molecule has 0 spiro atoms. The first kappa shape index (κ1) is 23.4. The molecule has 33 heavy (non-hydrogen) atoms. The number of rotatable bonds is 9. The Balaban J connectivity index is 1.62. The van der Waals surface area contributed by atoms with Gasteiger partial charge in [0, 0.05) is 19.7 Å². The molecule has 1 fully saturated rings. The molecule has 1 aliphatic carbocycles. The van der Waals surface area contributed by atoms with Gasteiger partial charge in [-0.2, -0.15) is 8.78 Å². The van der Waals surface area contributed by atoms with E-state index < -0.39 is 12.7 Å². The van der Waals surface area contributed by atoms with E-state index >= 15 is 0 Å². The van der Waals surface area contributed by atoms with Gasteiger partial charge >= 0.3 is 12.7 Å². The normalized spacial score (nSPS) is 16.2. The summed E-state index contributed by atoms with van der Waals surface area (Å²) < 4.78 is 40.9. The molecular formula is C22H25F2N3O5S. The predicted octanol–water partition coefficient (Wildman–Crippen LogP) is 4.67. The van der Waals surface area contributed by atoms with Crippen LogP contribution < -0.4 is 10.1 Å². The lowest BCUT2D eigenvalue weighted by Gasteiger charge is -2.24. The number of ether oxygens (including phenoxy) is 3. The minimum absolute atomic E-state index is 0.0396. The number of carbonyl (C=O) groups excluding carboxylic acids is 2. The highest BCUT2D eigenvalue weighted by Gasteiger charge is 2.40. The Morgan fingerprint density at radius 3 is 2.76 bits per heavy atom. The number of anilines is 1. The summed E-state index contributed by atoms with van der Waals surface area (Å²) in [5.74, 6) is 0.0197. The summed E-state index contributed by atoms with van der Waals surface area (Å²) in [6, 6.07) is 3.29. The topological polar surface area (TPSA) is 90.0 Å². The van der Waals surface area contributed by atoms with Gasteiger partial charge in [0.25, 0.3) is 5.91 Å². The van der Waals surface area contributed by atoms with Crippen LogP contribution in [0.1, 0.15) is 41.4 Å². The monoisotopic (exact) mass is 481 g/mol. The molecule has 4 rings (SSSR count). The molecule has 2 heterocycles. The van der Waals surface area contributed by atoms with Crippen LogP contribution in [-0.4, -0.2) is 54.9 Å². The van der Waals surface area contributed by atoms with E-state index in [9.17, 15) is 18.4 Å². The molecule has 0 radical (unpaired) electrons. The lowest BCUT2D eigenvalue weighted by molar-refractivity contribution is -0.0501. The van der Waals surface area contributed by atoms with Gasteiger partial charge in [-0.3, -0.25) is 10.1 Å². The number of hydrogen-bond acceptors (Lipinski definition) is 7.